The fourth-order valence-corrected chi connectivity index (χ4v) is 3.11. The summed E-state index contributed by atoms with van der Waals surface area (Å²) >= 11 is 5.75. The van der Waals surface area contributed by atoms with Crippen molar-refractivity contribution in [3.8, 4) is 17.0 Å². The van der Waals surface area contributed by atoms with Crippen molar-refractivity contribution in [2.75, 3.05) is 5.32 Å². The van der Waals surface area contributed by atoms with Crippen LogP contribution in [0.4, 0.5) is 10.1 Å². The Bertz CT molecular complexity index is 1000. The Balaban J connectivity index is 1.71. The predicted octanol–water partition coefficient (Wildman–Crippen LogP) is 4.02. The third kappa shape index (κ3) is 2.64. The van der Waals surface area contributed by atoms with Crippen molar-refractivity contribution in [1.82, 2.24) is 9.78 Å². The molecule has 1 N–H and O–H groups in total. The summed E-state index contributed by atoms with van der Waals surface area (Å²) in [5.41, 5.74) is 3.12. The van der Waals surface area contributed by atoms with Crippen molar-refractivity contribution in [1.29, 1.82) is 0 Å². The minimum atomic E-state index is -0.542. The zero-order valence-electron chi connectivity index (χ0n) is 13.2. The number of ether oxygens (including phenoxy) is 1. The molecule has 1 aromatic heterocycles. The lowest BCUT2D eigenvalue weighted by Crippen LogP contribution is -2.16. The van der Waals surface area contributed by atoms with Crippen LogP contribution in [-0.2, 0) is 13.7 Å². The van der Waals surface area contributed by atoms with Gasteiger partial charge in [-0.05, 0) is 30.3 Å². The third-order valence-electron chi connectivity index (χ3n) is 4.05. The molecule has 0 saturated heterocycles. The molecule has 0 bridgehead atoms. The van der Waals surface area contributed by atoms with E-state index in [0.717, 1.165) is 17.0 Å². The fraction of sp³-hybridized carbons (Fsp3) is 0.111. The Morgan fingerprint density at radius 1 is 1.32 bits per heavy atom. The summed E-state index contributed by atoms with van der Waals surface area (Å²) in [4.78, 5) is 12.6. The molecule has 1 aliphatic heterocycles. The highest BCUT2D eigenvalue weighted by atomic mass is 35.5. The van der Waals surface area contributed by atoms with Gasteiger partial charge in [-0.2, -0.15) is 5.10 Å². The van der Waals surface area contributed by atoms with Crippen LogP contribution in [0.3, 0.4) is 0 Å². The van der Waals surface area contributed by atoms with Crippen molar-refractivity contribution in [2.24, 2.45) is 7.05 Å². The monoisotopic (exact) mass is 357 g/mol. The van der Waals surface area contributed by atoms with Gasteiger partial charge >= 0.3 is 0 Å². The van der Waals surface area contributed by atoms with E-state index in [4.69, 9.17) is 16.3 Å². The van der Waals surface area contributed by atoms with Crippen LogP contribution >= 0.6 is 11.6 Å². The van der Waals surface area contributed by atoms with Gasteiger partial charge in [0, 0.05) is 23.9 Å². The third-order valence-corrected chi connectivity index (χ3v) is 4.34. The molecule has 1 amide bonds. The number of para-hydroxylation sites is 1. The molecule has 4 rings (SSSR count). The zero-order chi connectivity index (χ0) is 17.6. The largest absolute Gasteiger partial charge is 0.488 e. The van der Waals surface area contributed by atoms with Crippen molar-refractivity contribution < 1.29 is 13.9 Å². The zero-order valence-corrected chi connectivity index (χ0v) is 14.0. The summed E-state index contributed by atoms with van der Waals surface area (Å²) in [5.74, 6) is -0.183. The van der Waals surface area contributed by atoms with Gasteiger partial charge < -0.3 is 10.1 Å². The number of aryl methyl sites for hydroxylation is 1. The van der Waals surface area contributed by atoms with Crippen molar-refractivity contribution >= 4 is 23.2 Å². The molecule has 0 spiro atoms. The number of nitrogens with zero attached hydrogens (tertiary/aromatic N) is 2. The standard InChI is InChI=1S/C18H13ClFN3O2/c1-23-17-11-4-2-3-5-15(11)25-9-12(17)16(22-23)18(24)21-10-6-7-14(20)13(19)8-10/h2-8H,9H2,1H3,(H,21,24). The van der Waals surface area contributed by atoms with E-state index in [1.807, 2.05) is 24.3 Å². The molecule has 126 valence electrons. The highest BCUT2D eigenvalue weighted by Crippen LogP contribution is 2.38. The van der Waals surface area contributed by atoms with Gasteiger partial charge in [0.2, 0.25) is 0 Å². The maximum absolute atomic E-state index is 13.3. The molecule has 25 heavy (non-hydrogen) atoms. The maximum Gasteiger partial charge on any atom is 0.276 e. The molecule has 5 nitrogen and oxygen atoms in total. The molecule has 0 aliphatic carbocycles. The first-order chi connectivity index (χ1) is 12.0. The van der Waals surface area contributed by atoms with Crippen LogP contribution in [-0.4, -0.2) is 15.7 Å². The number of nitrogens with one attached hydrogen (secondary N) is 1. The number of fused-ring (bicyclic) bond motifs is 3. The number of hydrogen-bond acceptors (Lipinski definition) is 3. The first-order valence-corrected chi connectivity index (χ1v) is 7.97. The fourth-order valence-electron chi connectivity index (χ4n) is 2.93. The lowest BCUT2D eigenvalue weighted by Gasteiger charge is -2.18. The molecular weight excluding hydrogens is 345 g/mol. The first kappa shape index (κ1) is 15.7. The quantitative estimate of drug-likeness (QED) is 0.753. The highest BCUT2D eigenvalue weighted by molar-refractivity contribution is 6.31. The Morgan fingerprint density at radius 2 is 2.12 bits per heavy atom. The Labute approximate surface area is 148 Å². The molecule has 0 atom stereocenters. The van der Waals surface area contributed by atoms with E-state index < -0.39 is 11.7 Å². The molecule has 0 saturated carbocycles. The summed E-state index contributed by atoms with van der Waals surface area (Å²) in [6, 6.07) is 11.6. The number of carbonyl (C=O) groups excluding carboxylic acids is 1. The molecule has 0 fully saturated rings. The predicted molar refractivity (Wildman–Crippen MR) is 92.3 cm³/mol. The van der Waals surface area contributed by atoms with E-state index in [1.54, 1.807) is 11.7 Å². The maximum atomic E-state index is 13.3. The average molecular weight is 358 g/mol. The van der Waals surface area contributed by atoms with Crippen LogP contribution in [0.25, 0.3) is 11.3 Å². The molecule has 2 heterocycles. The van der Waals surface area contributed by atoms with Gasteiger partial charge in [0.05, 0.1) is 10.7 Å². The van der Waals surface area contributed by atoms with E-state index in [0.29, 0.717) is 11.3 Å². The smallest absolute Gasteiger partial charge is 0.276 e. The number of carbonyl (C=O) groups is 1. The van der Waals surface area contributed by atoms with Gasteiger partial charge in [0.25, 0.3) is 5.91 Å². The second-order valence-corrected chi connectivity index (χ2v) is 6.07. The molecule has 3 aromatic rings. The number of amides is 1. The number of aromatic nitrogens is 2. The molecule has 7 heteroatoms. The van der Waals surface area contributed by atoms with Gasteiger partial charge in [-0.1, -0.05) is 23.7 Å². The SMILES string of the molecule is Cn1nc(C(=O)Nc2ccc(F)c(Cl)c2)c2c1-c1ccccc1OC2. The van der Waals surface area contributed by atoms with Crippen LogP contribution in [0.15, 0.2) is 42.5 Å². The van der Waals surface area contributed by atoms with Gasteiger partial charge in [0.15, 0.2) is 5.69 Å². The molecule has 1 aliphatic rings. The van der Waals surface area contributed by atoms with E-state index in [2.05, 4.69) is 10.4 Å². The van der Waals surface area contributed by atoms with E-state index in [1.165, 1.54) is 18.2 Å². The summed E-state index contributed by atoms with van der Waals surface area (Å²) in [7, 11) is 1.78. The van der Waals surface area contributed by atoms with Crippen LogP contribution in [0.2, 0.25) is 5.02 Å². The molecular formula is C18H13ClFN3O2. The van der Waals surface area contributed by atoms with Crippen LogP contribution in [0, 0.1) is 5.82 Å². The Morgan fingerprint density at radius 3 is 2.92 bits per heavy atom. The minimum Gasteiger partial charge on any atom is -0.488 e. The van der Waals surface area contributed by atoms with E-state index in [9.17, 15) is 9.18 Å². The summed E-state index contributed by atoms with van der Waals surface area (Å²) in [5, 5.41) is 6.98. The van der Waals surface area contributed by atoms with Crippen LogP contribution < -0.4 is 10.1 Å². The molecule has 0 unspecified atom stereocenters. The summed E-state index contributed by atoms with van der Waals surface area (Å²) in [6.07, 6.45) is 0. The van der Waals surface area contributed by atoms with E-state index >= 15 is 0 Å². The lowest BCUT2D eigenvalue weighted by molar-refractivity contribution is 0.101. The van der Waals surface area contributed by atoms with Gasteiger partial charge in [-0.15, -0.1) is 0 Å². The van der Waals surface area contributed by atoms with Gasteiger partial charge in [0.1, 0.15) is 18.2 Å². The van der Waals surface area contributed by atoms with Crippen LogP contribution in [0.5, 0.6) is 5.75 Å². The van der Waals surface area contributed by atoms with Crippen LogP contribution in [0.1, 0.15) is 16.1 Å². The van der Waals surface area contributed by atoms with Gasteiger partial charge in [-0.25, -0.2) is 4.39 Å². The number of rotatable bonds is 2. The summed E-state index contributed by atoms with van der Waals surface area (Å²) in [6.45, 7) is 0.257. The van der Waals surface area contributed by atoms with Gasteiger partial charge in [-0.3, -0.25) is 9.48 Å². The first-order valence-electron chi connectivity index (χ1n) is 7.59. The summed E-state index contributed by atoms with van der Waals surface area (Å²) < 4.78 is 20.7. The molecule has 0 radical (unpaired) electrons. The van der Waals surface area contributed by atoms with Crippen molar-refractivity contribution in [2.45, 2.75) is 6.61 Å². The number of benzene rings is 2. The normalized spacial score (nSPS) is 12.1. The lowest BCUT2D eigenvalue weighted by atomic mass is 10.0. The Hall–Kier alpha value is -2.86. The second kappa shape index (κ2) is 5.89. The topological polar surface area (TPSA) is 56.2 Å². The second-order valence-electron chi connectivity index (χ2n) is 5.67. The van der Waals surface area contributed by atoms with Crippen molar-refractivity contribution in [3.63, 3.8) is 0 Å². The van der Waals surface area contributed by atoms with Crippen molar-refractivity contribution in [3.05, 3.63) is 64.6 Å². The number of hydrogen-bond donors (Lipinski definition) is 1. The molecule has 2 aromatic carbocycles. The number of halogens is 2. The van der Waals surface area contributed by atoms with E-state index in [-0.39, 0.29) is 17.3 Å². The minimum absolute atomic E-state index is 0.0573. The number of anilines is 1. The highest BCUT2D eigenvalue weighted by Gasteiger charge is 2.28. The average Bonchev–Trinajstić information content (AvgIpc) is 2.95. The Kier molecular flexibility index (Phi) is 3.69.